The van der Waals surface area contributed by atoms with Gasteiger partial charge >= 0.3 is 5.97 Å². The van der Waals surface area contributed by atoms with E-state index in [9.17, 15) is 4.79 Å². The van der Waals surface area contributed by atoms with Crippen molar-refractivity contribution in [2.24, 2.45) is 0 Å². The highest BCUT2D eigenvalue weighted by molar-refractivity contribution is 14.1. The number of aryl methyl sites for hydroxylation is 3. The molecule has 2 aliphatic rings. The van der Waals surface area contributed by atoms with Crippen molar-refractivity contribution >= 4 is 28.6 Å². The zero-order valence-corrected chi connectivity index (χ0v) is 14.1. The lowest BCUT2D eigenvalue weighted by atomic mass is 9.87. The second-order valence-corrected chi connectivity index (χ2v) is 7.33. The van der Waals surface area contributed by atoms with Crippen LogP contribution in [0.2, 0.25) is 0 Å². The molecule has 3 rings (SSSR count). The molecule has 0 bridgehead atoms. The standard InChI is InChI=1S/C17H19IO2/c1-10-7-13-5-4-6-17(9-12(3)16(19)20-17)15(18)14(13)8-11(10)2/h7-8,15H,3-6,9H2,1-2H3/t15-,17+/m1/s1. The van der Waals surface area contributed by atoms with Gasteiger partial charge in [-0.1, -0.05) is 41.3 Å². The van der Waals surface area contributed by atoms with Crippen LogP contribution < -0.4 is 0 Å². The van der Waals surface area contributed by atoms with Crippen molar-refractivity contribution in [3.63, 3.8) is 0 Å². The molecular weight excluding hydrogens is 363 g/mol. The Balaban J connectivity index is 2.08. The molecule has 1 aromatic carbocycles. The van der Waals surface area contributed by atoms with Crippen molar-refractivity contribution in [1.29, 1.82) is 0 Å². The van der Waals surface area contributed by atoms with E-state index in [4.69, 9.17) is 4.74 Å². The topological polar surface area (TPSA) is 26.3 Å². The van der Waals surface area contributed by atoms with E-state index in [1.807, 2.05) is 0 Å². The lowest BCUT2D eigenvalue weighted by molar-refractivity contribution is -0.146. The zero-order valence-electron chi connectivity index (χ0n) is 12.0. The molecule has 2 nitrogen and oxygen atoms in total. The summed E-state index contributed by atoms with van der Waals surface area (Å²) in [6, 6.07) is 4.59. The third-order valence-corrected chi connectivity index (χ3v) is 6.44. The third kappa shape index (κ3) is 2.10. The summed E-state index contributed by atoms with van der Waals surface area (Å²) in [7, 11) is 0. The van der Waals surface area contributed by atoms with Gasteiger partial charge in [0.2, 0.25) is 0 Å². The summed E-state index contributed by atoms with van der Waals surface area (Å²) < 4.78 is 5.98. The minimum absolute atomic E-state index is 0.208. The molecule has 2 atom stereocenters. The first-order chi connectivity index (χ1) is 9.43. The molecule has 1 heterocycles. The Morgan fingerprint density at radius 2 is 2.05 bits per heavy atom. The third-order valence-electron chi connectivity index (χ3n) is 4.63. The fraction of sp³-hybridized carbons (Fsp3) is 0.471. The number of ether oxygens (including phenoxy) is 1. The molecule has 1 spiro atoms. The highest BCUT2D eigenvalue weighted by atomic mass is 127. The number of carbonyl (C=O) groups excluding carboxylic acids is 1. The first-order valence-corrected chi connectivity index (χ1v) is 8.33. The second-order valence-electron chi connectivity index (χ2n) is 6.09. The Hall–Kier alpha value is -0.840. The largest absolute Gasteiger partial charge is 0.454 e. The van der Waals surface area contributed by atoms with Gasteiger partial charge in [-0.15, -0.1) is 0 Å². The molecule has 1 aromatic rings. The number of carbonyl (C=O) groups is 1. The number of fused-ring (bicyclic) bond motifs is 1. The lowest BCUT2D eigenvalue weighted by Gasteiger charge is -2.31. The summed E-state index contributed by atoms with van der Waals surface area (Å²) in [6.45, 7) is 8.17. The van der Waals surface area contributed by atoms with Crippen LogP contribution in [0.25, 0.3) is 0 Å². The molecule has 1 saturated heterocycles. The number of hydrogen-bond acceptors (Lipinski definition) is 2. The Labute approximate surface area is 133 Å². The lowest BCUT2D eigenvalue weighted by Crippen LogP contribution is -2.32. The highest BCUT2D eigenvalue weighted by Crippen LogP contribution is 2.51. The van der Waals surface area contributed by atoms with Gasteiger partial charge in [-0.25, -0.2) is 4.79 Å². The van der Waals surface area contributed by atoms with Crippen LogP contribution in [0, 0.1) is 13.8 Å². The minimum Gasteiger partial charge on any atom is -0.454 e. The summed E-state index contributed by atoms with van der Waals surface area (Å²) in [5.74, 6) is -0.209. The first kappa shape index (κ1) is 14.1. The Morgan fingerprint density at radius 3 is 2.70 bits per heavy atom. The fourth-order valence-corrected chi connectivity index (χ4v) is 4.58. The summed E-state index contributed by atoms with van der Waals surface area (Å²) in [5.41, 5.74) is 5.66. The maximum Gasteiger partial charge on any atom is 0.334 e. The van der Waals surface area contributed by atoms with Crippen molar-refractivity contribution in [2.45, 2.75) is 49.1 Å². The SMILES string of the molecule is C=C1C[C@]2(CCCc3cc(C)c(C)cc3[C@H]2I)OC1=O. The van der Waals surface area contributed by atoms with E-state index in [0.29, 0.717) is 12.0 Å². The van der Waals surface area contributed by atoms with Crippen LogP contribution in [0.5, 0.6) is 0 Å². The van der Waals surface area contributed by atoms with Crippen LogP contribution in [0.3, 0.4) is 0 Å². The summed E-state index contributed by atoms with van der Waals surface area (Å²) in [6.07, 6.45) is 3.74. The molecule has 0 saturated carbocycles. The molecule has 1 aliphatic carbocycles. The van der Waals surface area contributed by atoms with Crippen LogP contribution in [-0.4, -0.2) is 11.6 Å². The minimum atomic E-state index is -0.373. The number of rotatable bonds is 0. The maximum absolute atomic E-state index is 11.8. The molecule has 0 aromatic heterocycles. The van der Waals surface area contributed by atoms with E-state index < -0.39 is 0 Å². The van der Waals surface area contributed by atoms with E-state index in [-0.39, 0.29) is 15.5 Å². The zero-order chi connectivity index (χ0) is 14.5. The molecule has 1 aliphatic heterocycles. The van der Waals surface area contributed by atoms with E-state index in [2.05, 4.69) is 55.2 Å². The predicted molar refractivity (Wildman–Crippen MR) is 88.2 cm³/mol. The van der Waals surface area contributed by atoms with Crippen LogP contribution in [0.1, 0.15) is 45.4 Å². The molecular formula is C17H19IO2. The predicted octanol–water partition coefficient (Wildman–Crippen LogP) is 4.36. The van der Waals surface area contributed by atoms with Gasteiger partial charge in [-0.3, -0.25) is 0 Å². The number of hydrogen-bond donors (Lipinski definition) is 0. The van der Waals surface area contributed by atoms with Crippen LogP contribution in [-0.2, 0) is 16.0 Å². The van der Waals surface area contributed by atoms with Crippen LogP contribution in [0.4, 0.5) is 0 Å². The van der Waals surface area contributed by atoms with Gasteiger partial charge in [0.15, 0.2) is 0 Å². The first-order valence-electron chi connectivity index (χ1n) is 7.08. The average Bonchev–Trinajstić information content (AvgIpc) is 2.62. The van der Waals surface area contributed by atoms with Crippen molar-refractivity contribution in [3.05, 3.63) is 46.5 Å². The van der Waals surface area contributed by atoms with E-state index in [1.165, 1.54) is 22.3 Å². The van der Waals surface area contributed by atoms with E-state index in [0.717, 1.165) is 19.3 Å². The maximum atomic E-state index is 11.8. The quantitative estimate of drug-likeness (QED) is 0.289. The fourth-order valence-electron chi connectivity index (χ4n) is 3.35. The number of esters is 1. The smallest absolute Gasteiger partial charge is 0.334 e. The van der Waals surface area contributed by atoms with Gasteiger partial charge in [-0.05, 0) is 55.4 Å². The number of benzene rings is 1. The van der Waals surface area contributed by atoms with Gasteiger partial charge in [0, 0.05) is 12.0 Å². The Morgan fingerprint density at radius 1 is 1.35 bits per heavy atom. The number of halogens is 1. The Kier molecular flexibility index (Phi) is 3.43. The molecule has 3 heteroatoms. The van der Waals surface area contributed by atoms with Gasteiger partial charge in [-0.2, -0.15) is 0 Å². The average molecular weight is 382 g/mol. The molecule has 0 N–H and O–H groups in total. The van der Waals surface area contributed by atoms with Gasteiger partial charge in [0.25, 0.3) is 0 Å². The normalized spacial score (nSPS) is 29.2. The monoisotopic (exact) mass is 382 g/mol. The van der Waals surface area contributed by atoms with Crippen molar-refractivity contribution in [1.82, 2.24) is 0 Å². The van der Waals surface area contributed by atoms with Crippen molar-refractivity contribution < 1.29 is 9.53 Å². The highest BCUT2D eigenvalue weighted by Gasteiger charge is 2.49. The van der Waals surface area contributed by atoms with Gasteiger partial charge in [0.05, 0.1) is 3.92 Å². The van der Waals surface area contributed by atoms with E-state index in [1.54, 1.807) is 0 Å². The van der Waals surface area contributed by atoms with Crippen molar-refractivity contribution in [2.75, 3.05) is 0 Å². The molecule has 0 unspecified atom stereocenters. The van der Waals surface area contributed by atoms with Gasteiger partial charge in [0.1, 0.15) is 5.60 Å². The Bertz CT molecular complexity index is 587. The molecule has 0 amide bonds. The van der Waals surface area contributed by atoms with Crippen molar-refractivity contribution in [3.8, 4) is 0 Å². The molecule has 20 heavy (non-hydrogen) atoms. The van der Waals surface area contributed by atoms with E-state index >= 15 is 0 Å². The molecule has 1 fully saturated rings. The number of alkyl halides is 1. The second kappa shape index (κ2) is 4.86. The molecule has 106 valence electrons. The summed E-state index contributed by atoms with van der Waals surface area (Å²) >= 11 is 2.46. The van der Waals surface area contributed by atoms with Crippen LogP contribution >= 0.6 is 22.6 Å². The van der Waals surface area contributed by atoms with Crippen LogP contribution in [0.15, 0.2) is 24.3 Å². The molecule has 0 radical (unpaired) electrons. The summed E-state index contributed by atoms with van der Waals surface area (Å²) in [5, 5.41) is 0. The summed E-state index contributed by atoms with van der Waals surface area (Å²) in [4.78, 5) is 11.8. The van der Waals surface area contributed by atoms with Gasteiger partial charge < -0.3 is 4.74 Å².